The van der Waals surface area contributed by atoms with Crippen molar-refractivity contribution in [2.24, 2.45) is 0 Å². The Balaban J connectivity index is 2.67. The van der Waals surface area contributed by atoms with Crippen LogP contribution < -0.4 is 0 Å². The first-order chi connectivity index (χ1) is 6.15. The van der Waals surface area contributed by atoms with Gasteiger partial charge in [-0.2, -0.15) is 0 Å². The molecule has 0 N–H and O–H groups in total. The largest absolute Gasteiger partial charge is 0.495 e. The van der Waals surface area contributed by atoms with E-state index in [0.717, 1.165) is 18.6 Å². The Bertz CT molecular complexity index is 230. The van der Waals surface area contributed by atoms with E-state index >= 15 is 0 Å². The second kappa shape index (κ2) is 4.30. The Hall–Kier alpha value is -0.990. The lowest BCUT2D eigenvalue weighted by atomic mass is 10.0. The highest BCUT2D eigenvalue weighted by Gasteiger charge is 2.22. The summed E-state index contributed by atoms with van der Waals surface area (Å²) in [5, 5.41) is 0. The van der Waals surface area contributed by atoms with Crippen molar-refractivity contribution in [3.63, 3.8) is 0 Å². The third-order valence-electron chi connectivity index (χ3n) is 2.13. The predicted octanol–water partition coefficient (Wildman–Crippen LogP) is 2.02. The van der Waals surface area contributed by atoms with Crippen LogP contribution in [0, 0.1) is 0 Å². The molecule has 0 amide bonds. The van der Waals surface area contributed by atoms with Gasteiger partial charge in [0, 0.05) is 0 Å². The van der Waals surface area contributed by atoms with Gasteiger partial charge in [-0.1, -0.05) is 0 Å². The quantitative estimate of drug-likeness (QED) is 0.616. The van der Waals surface area contributed by atoms with Crippen LogP contribution in [0.2, 0.25) is 0 Å². The fourth-order valence-corrected chi connectivity index (χ4v) is 1.42. The molecule has 1 aliphatic rings. The number of allylic oxidation sites excluding steroid dienone is 1. The molecule has 0 aromatic heterocycles. The number of esters is 1. The van der Waals surface area contributed by atoms with Crippen LogP contribution in [0.5, 0.6) is 0 Å². The average molecular weight is 184 g/mol. The second-order valence-electron chi connectivity index (χ2n) is 3.22. The van der Waals surface area contributed by atoms with Gasteiger partial charge in [-0.15, -0.1) is 0 Å². The Morgan fingerprint density at radius 1 is 1.69 bits per heavy atom. The molecule has 1 aliphatic heterocycles. The van der Waals surface area contributed by atoms with Gasteiger partial charge >= 0.3 is 5.97 Å². The fourth-order valence-electron chi connectivity index (χ4n) is 1.42. The molecule has 0 bridgehead atoms. The molecule has 0 radical (unpaired) electrons. The zero-order valence-corrected chi connectivity index (χ0v) is 8.42. The lowest BCUT2D eigenvalue weighted by Crippen LogP contribution is -2.20. The van der Waals surface area contributed by atoms with Crippen LogP contribution >= 0.6 is 0 Å². The van der Waals surface area contributed by atoms with Crippen LogP contribution in [0.25, 0.3) is 0 Å². The van der Waals surface area contributed by atoms with Gasteiger partial charge in [-0.05, 0) is 33.6 Å². The monoisotopic (exact) mass is 184 g/mol. The molecule has 0 aliphatic carbocycles. The Labute approximate surface area is 78.7 Å². The summed E-state index contributed by atoms with van der Waals surface area (Å²) in [6.07, 6.45) is 1.88. The molecule has 1 unspecified atom stereocenters. The minimum atomic E-state index is -0.230. The smallest absolute Gasteiger partial charge is 0.337 e. The van der Waals surface area contributed by atoms with Crippen LogP contribution in [0.4, 0.5) is 0 Å². The highest BCUT2D eigenvalue weighted by Crippen LogP contribution is 2.23. The predicted molar refractivity (Wildman–Crippen MR) is 49.1 cm³/mol. The van der Waals surface area contributed by atoms with Crippen LogP contribution in [0.1, 0.15) is 33.6 Å². The van der Waals surface area contributed by atoms with E-state index in [-0.39, 0.29) is 12.1 Å². The third-order valence-corrected chi connectivity index (χ3v) is 2.13. The summed E-state index contributed by atoms with van der Waals surface area (Å²) in [4.78, 5) is 11.4. The summed E-state index contributed by atoms with van der Waals surface area (Å²) in [6.45, 7) is 6.05. The molecule has 0 aromatic carbocycles. The molecule has 0 fully saturated rings. The molecule has 13 heavy (non-hydrogen) atoms. The van der Waals surface area contributed by atoms with Gasteiger partial charge in [-0.25, -0.2) is 4.79 Å². The number of hydrogen-bond acceptors (Lipinski definition) is 3. The maximum atomic E-state index is 11.4. The normalized spacial score (nSPS) is 22.5. The molecule has 1 heterocycles. The number of hydrogen-bond donors (Lipinski definition) is 0. The second-order valence-corrected chi connectivity index (χ2v) is 3.22. The van der Waals surface area contributed by atoms with Gasteiger partial charge < -0.3 is 9.47 Å². The summed E-state index contributed by atoms with van der Waals surface area (Å²) in [6, 6.07) is 0. The Morgan fingerprint density at radius 3 is 2.92 bits per heavy atom. The van der Waals surface area contributed by atoms with Crippen LogP contribution in [-0.2, 0) is 14.3 Å². The molecular weight excluding hydrogens is 168 g/mol. The van der Waals surface area contributed by atoms with Crippen molar-refractivity contribution in [1.29, 1.82) is 0 Å². The van der Waals surface area contributed by atoms with Gasteiger partial charge in [0.25, 0.3) is 0 Å². The first-order valence-electron chi connectivity index (χ1n) is 4.68. The molecule has 1 atom stereocenters. The zero-order valence-electron chi connectivity index (χ0n) is 8.42. The lowest BCUT2D eigenvalue weighted by Gasteiger charge is -2.23. The molecular formula is C10H16O3. The molecule has 74 valence electrons. The van der Waals surface area contributed by atoms with E-state index in [9.17, 15) is 4.79 Å². The fraction of sp³-hybridized carbons (Fsp3) is 0.700. The van der Waals surface area contributed by atoms with Crippen LogP contribution in [-0.4, -0.2) is 18.7 Å². The lowest BCUT2D eigenvalue weighted by molar-refractivity contribution is -0.139. The van der Waals surface area contributed by atoms with Gasteiger partial charge in [0.2, 0.25) is 0 Å². The zero-order chi connectivity index (χ0) is 9.84. The minimum absolute atomic E-state index is 0.221. The number of carbonyl (C=O) groups excluding carboxylic acids is 1. The molecule has 0 saturated heterocycles. The third kappa shape index (κ3) is 2.47. The Kier molecular flexibility index (Phi) is 3.34. The molecule has 1 rings (SSSR count). The molecule has 3 nitrogen and oxygen atoms in total. The summed E-state index contributed by atoms with van der Waals surface area (Å²) < 4.78 is 10.4. The van der Waals surface area contributed by atoms with Gasteiger partial charge in [-0.3, -0.25) is 0 Å². The van der Waals surface area contributed by atoms with Crippen molar-refractivity contribution < 1.29 is 14.3 Å². The average Bonchev–Trinajstić information content (AvgIpc) is 2.04. The Morgan fingerprint density at radius 2 is 2.38 bits per heavy atom. The standard InChI is InChI=1S/C10H16O3/c1-4-12-10(11)9-6-5-7(2)13-8(9)3/h7H,4-6H2,1-3H3. The van der Waals surface area contributed by atoms with E-state index in [2.05, 4.69) is 0 Å². The van der Waals surface area contributed by atoms with Crippen LogP contribution in [0.15, 0.2) is 11.3 Å². The number of rotatable bonds is 2. The SMILES string of the molecule is CCOC(=O)C1=C(C)OC(C)CC1. The molecule has 0 saturated carbocycles. The summed E-state index contributed by atoms with van der Waals surface area (Å²) in [7, 11) is 0. The van der Waals surface area contributed by atoms with Crippen molar-refractivity contribution in [2.75, 3.05) is 6.61 Å². The first kappa shape index (κ1) is 10.1. The van der Waals surface area contributed by atoms with E-state index < -0.39 is 0 Å². The minimum Gasteiger partial charge on any atom is -0.495 e. The van der Waals surface area contributed by atoms with E-state index in [1.54, 1.807) is 6.92 Å². The first-order valence-corrected chi connectivity index (χ1v) is 4.68. The van der Waals surface area contributed by atoms with Gasteiger partial charge in [0.15, 0.2) is 0 Å². The van der Waals surface area contributed by atoms with Crippen LogP contribution in [0.3, 0.4) is 0 Å². The van der Waals surface area contributed by atoms with Crippen molar-refractivity contribution in [3.05, 3.63) is 11.3 Å². The van der Waals surface area contributed by atoms with Gasteiger partial charge in [0.05, 0.1) is 18.3 Å². The molecule has 0 spiro atoms. The summed E-state index contributed by atoms with van der Waals surface area (Å²) in [5.41, 5.74) is 0.694. The highest BCUT2D eigenvalue weighted by molar-refractivity contribution is 5.89. The van der Waals surface area contributed by atoms with E-state index in [0.29, 0.717) is 12.2 Å². The maximum absolute atomic E-state index is 11.4. The summed E-state index contributed by atoms with van der Waals surface area (Å²) in [5.74, 6) is 0.490. The maximum Gasteiger partial charge on any atom is 0.337 e. The molecule has 0 aromatic rings. The van der Waals surface area contributed by atoms with Crippen molar-refractivity contribution in [1.82, 2.24) is 0 Å². The van der Waals surface area contributed by atoms with Crippen molar-refractivity contribution in [2.45, 2.75) is 39.7 Å². The van der Waals surface area contributed by atoms with E-state index in [1.165, 1.54) is 0 Å². The van der Waals surface area contributed by atoms with Crippen molar-refractivity contribution >= 4 is 5.97 Å². The number of ether oxygens (including phenoxy) is 2. The highest BCUT2D eigenvalue weighted by atomic mass is 16.5. The summed E-state index contributed by atoms with van der Waals surface area (Å²) >= 11 is 0. The van der Waals surface area contributed by atoms with Gasteiger partial charge in [0.1, 0.15) is 5.76 Å². The van der Waals surface area contributed by atoms with Crippen molar-refractivity contribution in [3.8, 4) is 0 Å². The molecule has 3 heteroatoms. The number of carbonyl (C=O) groups is 1. The topological polar surface area (TPSA) is 35.5 Å². The van der Waals surface area contributed by atoms with E-state index in [1.807, 2.05) is 13.8 Å². The van der Waals surface area contributed by atoms with E-state index in [4.69, 9.17) is 9.47 Å².